The quantitative estimate of drug-likeness (QED) is 0.655. The zero-order chi connectivity index (χ0) is 13.3. The third-order valence-corrected chi connectivity index (χ3v) is 3.33. The lowest BCUT2D eigenvalue weighted by Crippen LogP contribution is -2.43. The highest BCUT2D eigenvalue weighted by atomic mass is 35.5. The van der Waals surface area contributed by atoms with Crippen molar-refractivity contribution in [2.45, 2.75) is 26.7 Å². The standard InChI is InChI=1S/C13H26N2O3.ClH/c1-3-17-8-9-18-10-12(16)15-11-13(2)4-6-14-7-5-13;/h14H,3-11H2,1-2H3,(H,15,16);1H. The molecule has 1 aliphatic rings. The smallest absolute Gasteiger partial charge is 0.246 e. The molecule has 0 atom stereocenters. The molecule has 2 N–H and O–H groups in total. The first-order chi connectivity index (χ1) is 8.66. The van der Waals surface area contributed by atoms with E-state index in [0.717, 1.165) is 32.5 Å². The molecule has 1 aliphatic heterocycles. The van der Waals surface area contributed by atoms with Crippen molar-refractivity contribution >= 4 is 18.3 Å². The van der Waals surface area contributed by atoms with Crippen molar-refractivity contribution in [2.24, 2.45) is 5.41 Å². The molecule has 0 aromatic heterocycles. The van der Waals surface area contributed by atoms with Gasteiger partial charge in [0, 0.05) is 13.2 Å². The van der Waals surface area contributed by atoms with Crippen LogP contribution in [0.2, 0.25) is 0 Å². The van der Waals surface area contributed by atoms with E-state index in [9.17, 15) is 4.79 Å². The Bertz CT molecular complexity index is 246. The summed E-state index contributed by atoms with van der Waals surface area (Å²) in [6, 6.07) is 0. The predicted octanol–water partition coefficient (Wildman–Crippen LogP) is 0.967. The van der Waals surface area contributed by atoms with Crippen LogP contribution >= 0.6 is 12.4 Å². The number of halogens is 1. The van der Waals surface area contributed by atoms with Crippen LogP contribution in [0.15, 0.2) is 0 Å². The normalized spacial score (nSPS) is 17.6. The van der Waals surface area contributed by atoms with Gasteiger partial charge in [0.2, 0.25) is 5.91 Å². The molecule has 19 heavy (non-hydrogen) atoms. The van der Waals surface area contributed by atoms with Gasteiger partial charge in [-0.25, -0.2) is 0 Å². The van der Waals surface area contributed by atoms with Crippen molar-refractivity contribution in [3.8, 4) is 0 Å². The summed E-state index contributed by atoms with van der Waals surface area (Å²) in [4.78, 5) is 11.6. The second-order valence-corrected chi connectivity index (χ2v) is 5.09. The highest BCUT2D eigenvalue weighted by Crippen LogP contribution is 2.26. The molecule has 1 amide bonds. The topological polar surface area (TPSA) is 59.6 Å². The van der Waals surface area contributed by atoms with Gasteiger partial charge in [-0.2, -0.15) is 0 Å². The molecule has 0 radical (unpaired) electrons. The third-order valence-electron chi connectivity index (χ3n) is 3.33. The molecule has 0 bridgehead atoms. The van der Waals surface area contributed by atoms with Crippen LogP contribution < -0.4 is 10.6 Å². The molecule has 1 rings (SSSR count). The average Bonchev–Trinajstić information content (AvgIpc) is 2.37. The van der Waals surface area contributed by atoms with Crippen LogP contribution in [0.1, 0.15) is 26.7 Å². The van der Waals surface area contributed by atoms with Crippen LogP contribution in [0, 0.1) is 5.41 Å². The molecule has 1 saturated heterocycles. The maximum absolute atomic E-state index is 11.6. The summed E-state index contributed by atoms with van der Waals surface area (Å²) in [6.45, 7) is 8.81. The van der Waals surface area contributed by atoms with Gasteiger partial charge in [0.1, 0.15) is 6.61 Å². The Morgan fingerprint density at radius 2 is 1.89 bits per heavy atom. The number of amides is 1. The van der Waals surface area contributed by atoms with Crippen molar-refractivity contribution in [1.82, 2.24) is 10.6 Å². The highest BCUT2D eigenvalue weighted by molar-refractivity contribution is 5.85. The Labute approximate surface area is 122 Å². The van der Waals surface area contributed by atoms with Crippen molar-refractivity contribution in [1.29, 1.82) is 0 Å². The molecular weight excluding hydrogens is 268 g/mol. The Morgan fingerprint density at radius 3 is 2.53 bits per heavy atom. The molecular formula is C13H27ClN2O3. The van der Waals surface area contributed by atoms with Gasteiger partial charge >= 0.3 is 0 Å². The minimum atomic E-state index is -0.0359. The van der Waals surface area contributed by atoms with Gasteiger partial charge < -0.3 is 20.1 Å². The monoisotopic (exact) mass is 294 g/mol. The number of hydrogen-bond donors (Lipinski definition) is 2. The second kappa shape index (κ2) is 10.4. The van der Waals surface area contributed by atoms with E-state index in [1.165, 1.54) is 0 Å². The van der Waals surface area contributed by atoms with Crippen LogP contribution in [-0.4, -0.2) is 52.0 Å². The van der Waals surface area contributed by atoms with Gasteiger partial charge in [0.15, 0.2) is 0 Å². The largest absolute Gasteiger partial charge is 0.379 e. The molecule has 114 valence electrons. The number of nitrogens with one attached hydrogen (secondary N) is 2. The van der Waals surface area contributed by atoms with E-state index in [1.54, 1.807) is 0 Å². The van der Waals surface area contributed by atoms with Gasteiger partial charge in [-0.05, 0) is 38.3 Å². The summed E-state index contributed by atoms with van der Waals surface area (Å²) in [7, 11) is 0. The maximum atomic E-state index is 11.6. The number of piperidine rings is 1. The lowest BCUT2D eigenvalue weighted by atomic mass is 9.81. The number of rotatable bonds is 8. The Morgan fingerprint density at radius 1 is 1.26 bits per heavy atom. The Balaban J connectivity index is 0.00000324. The molecule has 0 aromatic rings. The van der Waals surface area contributed by atoms with Gasteiger partial charge in [-0.15, -0.1) is 12.4 Å². The van der Waals surface area contributed by atoms with Gasteiger partial charge in [-0.3, -0.25) is 4.79 Å². The first-order valence-electron chi connectivity index (χ1n) is 6.79. The molecule has 0 saturated carbocycles. The molecule has 1 fully saturated rings. The fourth-order valence-corrected chi connectivity index (χ4v) is 2.00. The summed E-state index contributed by atoms with van der Waals surface area (Å²) in [6.07, 6.45) is 2.22. The van der Waals surface area contributed by atoms with E-state index < -0.39 is 0 Å². The summed E-state index contributed by atoms with van der Waals surface area (Å²) >= 11 is 0. The van der Waals surface area contributed by atoms with E-state index in [4.69, 9.17) is 9.47 Å². The van der Waals surface area contributed by atoms with Gasteiger partial charge in [0.05, 0.1) is 13.2 Å². The van der Waals surface area contributed by atoms with E-state index in [0.29, 0.717) is 19.8 Å². The number of hydrogen-bond acceptors (Lipinski definition) is 4. The van der Waals surface area contributed by atoms with Crippen molar-refractivity contribution in [3.63, 3.8) is 0 Å². The Kier molecular flexibility index (Phi) is 10.2. The van der Waals surface area contributed by atoms with E-state index >= 15 is 0 Å². The maximum Gasteiger partial charge on any atom is 0.246 e. The van der Waals surface area contributed by atoms with E-state index in [2.05, 4.69) is 17.6 Å². The van der Waals surface area contributed by atoms with Crippen molar-refractivity contribution in [2.75, 3.05) is 46.1 Å². The lowest BCUT2D eigenvalue weighted by Gasteiger charge is -2.34. The summed E-state index contributed by atoms with van der Waals surface area (Å²) in [5.41, 5.74) is 0.228. The zero-order valence-corrected chi connectivity index (χ0v) is 12.8. The van der Waals surface area contributed by atoms with E-state index in [1.807, 2.05) is 6.92 Å². The summed E-state index contributed by atoms with van der Waals surface area (Å²) in [5.74, 6) is -0.0359. The molecule has 0 unspecified atom stereocenters. The van der Waals surface area contributed by atoms with Crippen LogP contribution in [0.25, 0.3) is 0 Å². The third kappa shape index (κ3) is 8.42. The van der Waals surface area contributed by atoms with Crippen LogP contribution in [-0.2, 0) is 14.3 Å². The zero-order valence-electron chi connectivity index (χ0n) is 12.0. The fraction of sp³-hybridized carbons (Fsp3) is 0.923. The number of carbonyl (C=O) groups is 1. The summed E-state index contributed by atoms with van der Waals surface area (Å²) < 4.78 is 10.3. The molecule has 1 heterocycles. The molecule has 5 nitrogen and oxygen atoms in total. The molecule has 0 aromatic carbocycles. The molecule has 0 spiro atoms. The van der Waals surface area contributed by atoms with Gasteiger partial charge in [-0.1, -0.05) is 6.92 Å². The fourth-order valence-electron chi connectivity index (χ4n) is 2.00. The average molecular weight is 295 g/mol. The summed E-state index contributed by atoms with van der Waals surface area (Å²) in [5, 5.41) is 6.28. The molecule has 0 aliphatic carbocycles. The first kappa shape index (κ1) is 18.6. The second-order valence-electron chi connectivity index (χ2n) is 5.09. The minimum Gasteiger partial charge on any atom is -0.379 e. The molecule has 6 heteroatoms. The minimum absolute atomic E-state index is 0. The lowest BCUT2D eigenvalue weighted by molar-refractivity contribution is -0.126. The van der Waals surface area contributed by atoms with Crippen LogP contribution in [0.3, 0.4) is 0 Å². The highest BCUT2D eigenvalue weighted by Gasteiger charge is 2.26. The van der Waals surface area contributed by atoms with Crippen LogP contribution in [0.5, 0.6) is 0 Å². The van der Waals surface area contributed by atoms with Crippen LogP contribution in [0.4, 0.5) is 0 Å². The van der Waals surface area contributed by atoms with E-state index in [-0.39, 0.29) is 30.3 Å². The Hall–Kier alpha value is -0.360. The first-order valence-corrected chi connectivity index (χ1v) is 6.79. The SMILES string of the molecule is CCOCCOCC(=O)NCC1(C)CCNCC1.Cl. The number of ether oxygens (including phenoxy) is 2. The van der Waals surface area contributed by atoms with Crippen molar-refractivity contribution in [3.05, 3.63) is 0 Å². The predicted molar refractivity (Wildman–Crippen MR) is 77.8 cm³/mol. The van der Waals surface area contributed by atoms with Crippen molar-refractivity contribution < 1.29 is 14.3 Å². The number of carbonyl (C=O) groups excluding carboxylic acids is 1. The van der Waals surface area contributed by atoms with Gasteiger partial charge in [0.25, 0.3) is 0 Å².